The van der Waals surface area contributed by atoms with Crippen LogP contribution in [0.2, 0.25) is 0 Å². The van der Waals surface area contributed by atoms with Crippen molar-refractivity contribution in [1.29, 1.82) is 0 Å². The molecule has 27 heavy (non-hydrogen) atoms. The third-order valence-electron chi connectivity index (χ3n) is 6.00. The van der Waals surface area contributed by atoms with Gasteiger partial charge in [-0.3, -0.25) is 4.79 Å². The third-order valence-corrected chi connectivity index (χ3v) is 7.17. The van der Waals surface area contributed by atoms with Gasteiger partial charge in [-0.05, 0) is 49.1 Å². The van der Waals surface area contributed by atoms with E-state index < -0.39 is 0 Å². The van der Waals surface area contributed by atoms with Crippen molar-refractivity contribution in [3.8, 4) is 0 Å². The molecule has 0 unspecified atom stereocenters. The van der Waals surface area contributed by atoms with E-state index in [0.717, 1.165) is 31.2 Å². The van der Waals surface area contributed by atoms with Crippen molar-refractivity contribution in [2.75, 3.05) is 12.4 Å². The molecule has 5 nitrogen and oxygen atoms in total. The first-order valence-corrected chi connectivity index (χ1v) is 10.2. The first-order valence-electron chi connectivity index (χ1n) is 9.36. The summed E-state index contributed by atoms with van der Waals surface area (Å²) in [6, 6.07) is 1.63. The van der Waals surface area contributed by atoms with E-state index in [0.29, 0.717) is 27.8 Å². The number of furan rings is 1. The van der Waals surface area contributed by atoms with Gasteiger partial charge in [0.2, 0.25) is 0 Å². The predicted molar refractivity (Wildman–Crippen MR) is 107 cm³/mol. The van der Waals surface area contributed by atoms with E-state index in [-0.39, 0.29) is 17.3 Å². The maximum absolute atomic E-state index is 12.6. The summed E-state index contributed by atoms with van der Waals surface area (Å²) in [6.07, 6.45) is 5.42. The van der Waals surface area contributed by atoms with Crippen LogP contribution in [0.4, 0.5) is 5.00 Å². The molecule has 0 saturated carbocycles. The lowest BCUT2D eigenvalue weighted by molar-refractivity contribution is 0.0600. The van der Waals surface area contributed by atoms with Crippen molar-refractivity contribution in [2.45, 2.75) is 53.4 Å². The van der Waals surface area contributed by atoms with Gasteiger partial charge in [0.1, 0.15) is 10.8 Å². The van der Waals surface area contributed by atoms with Gasteiger partial charge >= 0.3 is 5.97 Å². The molecule has 1 aliphatic carbocycles. The Morgan fingerprint density at radius 1 is 1.41 bits per heavy atom. The van der Waals surface area contributed by atoms with Crippen LogP contribution < -0.4 is 5.32 Å². The number of aryl methyl sites for hydroxylation is 1. The maximum atomic E-state index is 12.6. The normalized spacial score (nSPS) is 16.7. The summed E-state index contributed by atoms with van der Waals surface area (Å²) in [5, 5.41) is 3.49. The molecule has 0 aromatic carbocycles. The van der Waals surface area contributed by atoms with Gasteiger partial charge in [0.15, 0.2) is 0 Å². The van der Waals surface area contributed by atoms with Crippen LogP contribution in [0.1, 0.15) is 70.5 Å². The molecule has 0 fully saturated rings. The molecule has 1 atom stereocenters. The van der Waals surface area contributed by atoms with Crippen LogP contribution in [0.25, 0.3) is 0 Å². The number of carbonyl (C=O) groups excluding carboxylic acids is 2. The number of thiophene rings is 1. The molecular formula is C21H27NO4S. The second kappa shape index (κ2) is 7.50. The summed E-state index contributed by atoms with van der Waals surface area (Å²) in [5.41, 5.74) is 2.28. The Hall–Kier alpha value is -2.08. The summed E-state index contributed by atoms with van der Waals surface area (Å²) in [7, 11) is 1.38. The van der Waals surface area contributed by atoms with Gasteiger partial charge in [0.25, 0.3) is 5.91 Å². The summed E-state index contributed by atoms with van der Waals surface area (Å²) >= 11 is 1.50. The second-order valence-electron chi connectivity index (χ2n) is 7.83. The fourth-order valence-electron chi connectivity index (χ4n) is 3.74. The van der Waals surface area contributed by atoms with Crippen molar-refractivity contribution < 1.29 is 18.7 Å². The highest BCUT2D eigenvalue weighted by atomic mass is 32.1. The molecule has 1 amide bonds. The highest BCUT2D eigenvalue weighted by Gasteiger charge is 2.35. The average molecular weight is 390 g/mol. The minimum absolute atomic E-state index is 0.254. The van der Waals surface area contributed by atoms with Gasteiger partial charge in [-0.1, -0.05) is 27.2 Å². The summed E-state index contributed by atoms with van der Waals surface area (Å²) in [6.45, 7) is 8.58. The summed E-state index contributed by atoms with van der Waals surface area (Å²) in [5.74, 6) is 0.465. The number of nitrogens with one attached hydrogen (secondary N) is 1. The van der Waals surface area contributed by atoms with Crippen molar-refractivity contribution in [3.05, 3.63) is 39.7 Å². The van der Waals surface area contributed by atoms with Gasteiger partial charge in [-0.15, -0.1) is 11.3 Å². The van der Waals surface area contributed by atoms with Gasteiger partial charge in [-0.25, -0.2) is 4.79 Å². The number of amides is 1. The lowest BCUT2D eigenvalue weighted by atomic mass is 9.69. The monoisotopic (exact) mass is 389 g/mol. The second-order valence-corrected chi connectivity index (χ2v) is 8.93. The Labute approximate surface area is 164 Å². The van der Waals surface area contributed by atoms with E-state index in [1.54, 1.807) is 13.0 Å². The fraction of sp³-hybridized carbons (Fsp3) is 0.524. The highest BCUT2D eigenvalue weighted by Crippen LogP contribution is 2.45. The zero-order valence-electron chi connectivity index (χ0n) is 16.6. The average Bonchev–Trinajstić information content (AvgIpc) is 3.23. The van der Waals surface area contributed by atoms with Gasteiger partial charge < -0.3 is 14.5 Å². The van der Waals surface area contributed by atoms with Crippen LogP contribution in [0, 0.1) is 18.3 Å². The van der Waals surface area contributed by atoms with E-state index >= 15 is 0 Å². The molecule has 0 spiro atoms. The van der Waals surface area contributed by atoms with Crippen molar-refractivity contribution in [2.24, 2.45) is 11.3 Å². The third kappa shape index (κ3) is 3.68. The number of methoxy groups -OCH3 is 1. The Morgan fingerprint density at radius 2 is 2.15 bits per heavy atom. The summed E-state index contributed by atoms with van der Waals surface area (Å²) < 4.78 is 10.2. The Kier molecular flexibility index (Phi) is 5.47. The minimum Gasteiger partial charge on any atom is -0.469 e. The number of carbonyl (C=O) groups is 2. The number of anilines is 1. The van der Waals surface area contributed by atoms with Crippen LogP contribution in [-0.2, 0) is 17.6 Å². The molecule has 0 bridgehead atoms. The molecule has 3 rings (SSSR count). The number of fused-ring (bicyclic) bond motifs is 1. The van der Waals surface area contributed by atoms with Crippen LogP contribution in [0.15, 0.2) is 16.7 Å². The smallest absolute Gasteiger partial charge is 0.341 e. The van der Waals surface area contributed by atoms with E-state index in [2.05, 4.69) is 26.1 Å². The van der Waals surface area contributed by atoms with E-state index in [4.69, 9.17) is 9.15 Å². The SMILES string of the molecule is CCC(C)(C)[C@@H]1CCc2c(sc(NC(=O)c3ccoc3C)c2C(=O)OC)C1. The lowest BCUT2D eigenvalue weighted by Crippen LogP contribution is -2.28. The standard InChI is InChI=1S/C21H27NO4S/c1-6-21(3,4)13-7-8-15-16(11-13)27-19(17(15)20(24)25-5)22-18(23)14-9-10-26-12(14)2/h9-10,13H,6-8,11H2,1-5H3,(H,22,23)/t13-/m1/s1. The van der Waals surface area contributed by atoms with E-state index in [1.807, 2.05) is 0 Å². The van der Waals surface area contributed by atoms with Crippen LogP contribution in [0.5, 0.6) is 0 Å². The molecule has 146 valence electrons. The molecule has 1 aliphatic rings. The number of hydrogen-bond donors (Lipinski definition) is 1. The molecule has 1 N–H and O–H groups in total. The fourth-order valence-corrected chi connectivity index (χ4v) is 5.05. The van der Waals surface area contributed by atoms with E-state index in [1.165, 1.54) is 29.6 Å². The molecule has 2 heterocycles. The first-order chi connectivity index (χ1) is 12.8. The molecule has 2 aromatic heterocycles. The predicted octanol–water partition coefficient (Wildman–Crippen LogP) is 5.23. The Morgan fingerprint density at radius 3 is 2.74 bits per heavy atom. The van der Waals surface area contributed by atoms with Crippen molar-refractivity contribution in [3.63, 3.8) is 0 Å². The maximum Gasteiger partial charge on any atom is 0.341 e. The molecule has 0 saturated heterocycles. The number of hydrogen-bond acceptors (Lipinski definition) is 5. The summed E-state index contributed by atoms with van der Waals surface area (Å²) in [4.78, 5) is 26.3. The number of esters is 1. The zero-order valence-corrected chi connectivity index (χ0v) is 17.4. The Balaban J connectivity index is 1.94. The Bertz CT molecular complexity index is 862. The van der Waals surface area contributed by atoms with Crippen LogP contribution in [-0.4, -0.2) is 19.0 Å². The number of ether oxygens (including phenoxy) is 1. The lowest BCUT2D eigenvalue weighted by Gasteiger charge is -2.36. The van der Waals surface area contributed by atoms with Crippen molar-refractivity contribution >= 4 is 28.2 Å². The first kappa shape index (κ1) is 19.7. The van der Waals surface area contributed by atoms with Gasteiger partial charge in [-0.2, -0.15) is 0 Å². The molecular weight excluding hydrogens is 362 g/mol. The topological polar surface area (TPSA) is 68.5 Å². The largest absolute Gasteiger partial charge is 0.469 e. The number of rotatable bonds is 5. The van der Waals surface area contributed by atoms with Crippen LogP contribution >= 0.6 is 11.3 Å². The molecule has 0 radical (unpaired) electrons. The van der Waals surface area contributed by atoms with E-state index in [9.17, 15) is 9.59 Å². The van der Waals surface area contributed by atoms with Crippen molar-refractivity contribution in [1.82, 2.24) is 0 Å². The molecule has 0 aliphatic heterocycles. The van der Waals surface area contributed by atoms with Gasteiger partial charge in [0, 0.05) is 4.88 Å². The van der Waals surface area contributed by atoms with Gasteiger partial charge in [0.05, 0.1) is 24.5 Å². The highest BCUT2D eigenvalue weighted by molar-refractivity contribution is 7.17. The molecule has 2 aromatic rings. The minimum atomic E-state index is -0.389. The zero-order chi connectivity index (χ0) is 19.8. The molecule has 6 heteroatoms. The van der Waals surface area contributed by atoms with Crippen LogP contribution in [0.3, 0.4) is 0 Å². The quantitative estimate of drug-likeness (QED) is 0.711.